The standard InChI is InChI=1S/C15H18N2O2/c18-15(11-4-2-1-3-5-11)14-12-6-16-7-13(14)9-17(19,8-12)10-16/h1-5,12-14H,6-10H2/t12-,13+,14?,17?. The number of ketones is 1. The van der Waals surface area contributed by atoms with Gasteiger partial charge in [0.05, 0.1) is 13.1 Å². The van der Waals surface area contributed by atoms with Gasteiger partial charge in [0.1, 0.15) is 6.67 Å². The Kier molecular flexibility index (Phi) is 2.37. The number of carbonyl (C=O) groups is 1. The van der Waals surface area contributed by atoms with Crippen LogP contribution in [0.3, 0.4) is 0 Å². The van der Waals surface area contributed by atoms with Gasteiger partial charge in [-0.05, 0) is 0 Å². The van der Waals surface area contributed by atoms with Crippen LogP contribution < -0.4 is 0 Å². The molecule has 3 unspecified atom stereocenters. The summed E-state index contributed by atoms with van der Waals surface area (Å²) in [7, 11) is 0. The van der Waals surface area contributed by atoms with Gasteiger partial charge in [0, 0.05) is 36.4 Å². The average molecular weight is 258 g/mol. The highest BCUT2D eigenvalue weighted by molar-refractivity contribution is 5.98. The monoisotopic (exact) mass is 258 g/mol. The van der Waals surface area contributed by atoms with E-state index >= 15 is 0 Å². The molecule has 100 valence electrons. The molecule has 4 saturated heterocycles. The van der Waals surface area contributed by atoms with Crippen LogP contribution in [0.25, 0.3) is 0 Å². The lowest BCUT2D eigenvalue weighted by atomic mass is 9.69. The van der Waals surface area contributed by atoms with E-state index < -0.39 is 0 Å². The van der Waals surface area contributed by atoms with E-state index in [2.05, 4.69) is 4.90 Å². The van der Waals surface area contributed by atoms with Gasteiger partial charge in [-0.25, -0.2) is 0 Å². The first kappa shape index (κ1) is 11.6. The maximum atomic E-state index is 12.7. The maximum Gasteiger partial charge on any atom is 0.167 e. The van der Waals surface area contributed by atoms with Gasteiger partial charge in [-0.15, -0.1) is 0 Å². The van der Waals surface area contributed by atoms with Crippen LogP contribution in [0.2, 0.25) is 0 Å². The maximum absolute atomic E-state index is 12.7. The third-order valence-corrected chi connectivity index (χ3v) is 4.95. The van der Waals surface area contributed by atoms with Crippen molar-refractivity contribution in [3.8, 4) is 0 Å². The molecule has 0 amide bonds. The summed E-state index contributed by atoms with van der Waals surface area (Å²) >= 11 is 0. The number of rotatable bonds is 2. The van der Waals surface area contributed by atoms with Crippen molar-refractivity contribution in [2.75, 3.05) is 32.8 Å². The highest BCUT2D eigenvalue weighted by Crippen LogP contribution is 2.43. The van der Waals surface area contributed by atoms with Gasteiger partial charge >= 0.3 is 0 Å². The normalized spacial score (nSPS) is 43.4. The highest BCUT2D eigenvalue weighted by atomic mass is 16.5. The molecule has 0 N–H and O–H groups in total. The summed E-state index contributed by atoms with van der Waals surface area (Å²) in [6.45, 7) is 3.77. The molecule has 0 aromatic heterocycles. The van der Waals surface area contributed by atoms with Gasteiger partial charge in [-0.3, -0.25) is 9.69 Å². The minimum Gasteiger partial charge on any atom is -0.632 e. The lowest BCUT2D eigenvalue weighted by molar-refractivity contribution is -0.919. The molecule has 19 heavy (non-hydrogen) atoms. The predicted octanol–water partition coefficient (Wildman–Crippen LogP) is 1.33. The van der Waals surface area contributed by atoms with Crippen LogP contribution in [0.1, 0.15) is 10.4 Å². The van der Waals surface area contributed by atoms with Crippen molar-refractivity contribution in [1.29, 1.82) is 0 Å². The summed E-state index contributed by atoms with van der Waals surface area (Å²) < 4.78 is -0.0894. The zero-order valence-electron chi connectivity index (χ0n) is 10.9. The number of hydrogen-bond acceptors (Lipinski definition) is 3. The molecule has 4 heteroatoms. The summed E-state index contributed by atoms with van der Waals surface area (Å²) in [5, 5.41) is 12.5. The number of benzene rings is 1. The van der Waals surface area contributed by atoms with Crippen LogP contribution in [0.4, 0.5) is 0 Å². The lowest BCUT2D eigenvalue weighted by Gasteiger charge is -2.63. The van der Waals surface area contributed by atoms with Crippen LogP contribution in [0.5, 0.6) is 0 Å². The van der Waals surface area contributed by atoms with Crippen molar-refractivity contribution in [3.05, 3.63) is 41.1 Å². The summed E-state index contributed by atoms with van der Waals surface area (Å²) in [6, 6.07) is 9.56. The lowest BCUT2D eigenvalue weighted by Crippen LogP contribution is -2.73. The Bertz CT molecular complexity index is 500. The molecular formula is C15H18N2O2. The molecule has 4 fully saturated rings. The number of hydroxylamine groups is 3. The Labute approximate surface area is 112 Å². The minimum absolute atomic E-state index is 0.0687. The Morgan fingerprint density at radius 3 is 2.37 bits per heavy atom. The Morgan fingerprint density at radius 2 is 1.79 bits per heavy atom. The van der Waals surface area contributed by atoms with Crippen LogP contribution in [0, 0.1) is 23.0 Å². The van der Waals surface area contributed by atoms with Crippen molar-refractivity contribution in [2.45, 2.75) is 0 Å². The zero-order chi connectivity index (χ0) is 13.0. The van der Waals surface area contributed by atoms with Crippen molar-refractivity contribution >= 4 is 5.78 Å². The van der Waals surface area contributed by atoms with E-state index in [1.54, 1.807) is 0 Å². The number of piperidine rings is 2. The van der Waals surface area contributed by atoms with Crippen molar-refractivity contribution in [2.24, 2.45) is 17.8 Å². The van der Waals surface area contributed by atoms with Gasteiger partial charge < -0.3 is 9.85 Å². The third-order valence-electron chi connectivity index (χ3n) is 4.95. The van der Waals surface area contributed by atoms with Crippen LogP contribution >= 0.6 is 0 Å². The Morgan fingerprint density at radius 1 is 1.16 bits per heavy atom. The first-order chi connectivity index (χ1) is 9.15. The summed E-state index contributed by atoms with van der Waals surface area (Å²) in [5.74, 6) is 0.834. The third kappa shape index (κ3) is 1.75. The van der Waals surface area contributed by atoms with E-state index in [1.165, 1.54) is 0 Å². The van der Waals surface area contributed by atoms with Crippen LogP contribution in [-0.2, 0) is 0 Å². The fourth-order valence-corrected chi connectivity index (χ4v) is 4.44. The van der Waals surface area contributed by atoms with Gasteiger partial charge in [-0.2, -0.15) is 0 Å². The van der Waals surface area contributed by atoms with Gasteiger partial charge in [0.2, 0.25) is 0 Å². The number of hydrogen-bond donors (Lipinski definition) is 0. The number of quaternary nitrogens is 1. The SMILES string of the molecule is O=C(c1ccccc1)C1[C@@H]2CN3C[C@H]1C[N+]([O-])(C2)C3. The molecule has 1 aromatic carbocycles. The van der Waals surface area contributed by atoms with Crippen molar-refractivity contribution in [1.82, 2.24) is 4.90 Å². The van der Waals surface area contributed by atoms with E-state index in [0.717, 1.165) is 18.7 Å². The molecule has 5 atom stereocenters. The topological polar surface area (TPSA) is 43.4 Å². The second-order valence-electron chi connectivity index (χ2n) is 6.38. The second kappa shape index (κ2) is 3.88. The van der Waals surface area contributed by atoms with Crippen LogP contribution in [0.15, 0.2) is 30.3 Å². The van der Waals surface area contributed by atoms with E-state index in [9.17, 15) is 10.0 Å². The molecule has 5 rings (SSSR count). The van der Waals surface area contributed by atoms with Gasteiger partial charge in [0.25, 0.3) is 0 Å². The molecule has 4 aliphatic rings. The minimum atomic E-state index is -0.0894. The van der Waals surface area contributed by atoms with E-state index in [4.69, 9.17) is 0 Å². The molecular weight excluding hydrogens is 240 g/mol. The quantitative estimate of drug-likeness (QED) is 0.457. The highest BCUT2D eigenvalue weighted by Gasteiger charge is 2.54. The summed E-state index contributed by atoms with van der Waals surface area (Å²) in [4.78, 5) is 15.0. The average Bonchev–Trinajstić information content (AvgIpc) is 2.37. The van der Waals surface area contributed by atoms with Crippen LogP contribution in [-0.4, -0.2) is 48.2 Å². The molecule has 4 aliphatic heterocycles. The van der Waals surface area contributed by atoms with E-state index in [0.29, 0.717) is 19.8 Å². The first-order valence-corrected chi connectivity index (χ1v) is 7.03. The number of nitrogens with zero attached hydrogens (tertiary/aromatic N) is 2. The number of carbonyl (C=O) groups excluding carboxylic acids is 1. The molecule has 1 aromatic rings. The van der Waals surface area contributed by atoms with Gasteiger partial charge in [-0.1, -0.05) is 30.3 Å². The van der Waals surface area contributed by atoms with Crippen molar-refractivity contribution < 1.29 is 9.44 Å². The predicted molar refractivity (Wildman–Crippen MR) is 71.0 cm³/mol. The van der Waals surface area contributed by atoms with E-state index in [-0.39, 0.29) is 28.2 Å². The molecule has 4 heterocycles. The molecule has 0 saturated carbocycles. The van der Waals surface area contributed by atoms with E-state index in [1.807, 2.05) is 30.3 Å². The Hall–Kier alpha value is -1.23. The Balaban J connectivity index is 1.65. The smallest absolute Gasteiger partial charge is 0.167 e. The molecule has 4 bridgehead atoms. The summed E-state index contributed by atoms with van der Waals surface area (Å²) in [6.07, 6.45) is 0. The zero-order valence-corrected chi connectivity index (χ0v) is 10.9. The second-order valence-corrected chi connectivity index (χ2v) is 6.38. The fourth-order valence-electron chi connectivity index (χ4n) is 4.44. The summed E-state index contributed by atoms with van der Waals surface area (Å²) in [5.41, 5.74) is 0.808. The molecule has 4 nitrogen and oxygen atoms in total. The molecule has 0 aliphatic carbocycles. The largest absolute Gasteiger partial charge is 0.632 e. The first-order valence-electron chi connectivity index (χ1n) is 7.03. The van der Waals surface area contributed by atoms with Crippen molar-refractivity contribution in [3.63, 3.8) is 0 Å². The fraction of sp³-hybridized carbons (Fsp3) is 0.533. The van der Waals surface area contributed by atoms with Gasteiger partial charge in [0.15, 0.2) is 5.78 Å². The number of Topliss-reactive ketones (excluding diaryl/α,β-unsaturated/α-hetero) is 1. The molecule has 0 radical (unpaired) electrons. The molecule has 0 spiro atoms.